The number of para-hydroxylation sites is 1. The summed E-state index contributed by atoms with van der Waals surface area (Å²) in [5.41, 5.74) is 1.14. The molecule has 0 unspecified atom stereocenters. The number of hydrogen-bond donors (Lipinski definition) is 3. The van der Waals surface area contributed by atoms with Crippen molar-refractivity contribution in [1.29, 1.82) is 0 Å². The topological polar surface area (TPSA) is 125 Å². The van der Waals surface area contributed by atoms with Crippen LogP contribution in [0.3, 0.4) is 0 Å². The summed E-state index contributed by atoms with van der Waals surface area (Å²) in [4.78, 5) is 36.8. The largest absolute Gasteiger partial charge is 0.478 e. The molecule has 1 aromatic heterocycles. The van der Waals surface area contributed by atoms with Crippen LogP contribution in [-0.2, 0) is 6.42 Å². The first kappa shape index (κ1) is 17.2. The molecule has 8 nitrogen and oxygen atoms in total. The molecule has 26 heavy (non-hydrogen) atoms. The number of benzene rings is 2. The van der Waals surface area contributed by atoms with E-state index in [0.717, 1.165) is 34.7 Å². The molecule has 0 radical (unpaired) electrons. The number of nitrogens with zero attached hydrogens (tertiary/aromatic N) is 1. The summed E-state index contributed by atoms with van der Waals surface area (Å²) in [7, 11) is 0. The molecule has 0 atom stereocenters. The Hall–Kier alpha value is -3.68. The lowest BCUT2D eigenvalue weighted by Crippen LogP contribution is -2.27. The van der Waals surface area contributed by atoms with Gasteiger partial charge in [0.05, 0.1) is 16.1 Å². The number of carboxylic acid groups (broad SMARTS) is 1. The fourth-order valence-electron chi connectivity index (χ4n) is 2.77. The number of aromatic nitrogens is 1. The van der Waals surface area contributed by atoms with Crippen LogP contribution in [0.5, 0.6) is 0 Å². The summed E-state index contributed by atoms with van der Waals surface area (Å²) >= 11 is 0. The van der Waals surface area contributed by atoms with Gasteiger partial charge in [0, 0.05) is 35.8 Å². The number of aromatic carboxylic acids is 1. The van der Waals surface area contributed by atoms with Crippen LogP contribution in [0.25, 0.3) is 10.9 Å². The molecule has 0 aliphatic carbocycles. The van der Waals surface area contributed by atoms with Gasteiger partial charge in [0.2, 0.25) is 0 Å². The van der Waals surface area contributed by atoms with Gasteiger partial charge in [-0.15, -0.1) is 0 Å². The van der Waals surface area contributed by atoms with Crippen molar-refractivity contribution in [1.82, 2.24) is 10.3 Å². The molecule has 0 aliphatic rings. The number of aromatic amines is 1. The zero-order valence-electron chi connectivity index (χ0n) is 13.6. The van der Waals surface area contributed by atoms with E-state index in [1.807, 2.05) is 30.5 Å². The molecule has 0 spiro atoms. The summed E-state index contributed by atoms with van der Waals surface area (Å²) in [6, 6.07) is 10.9. The predicted octanol–water partition coefficient (Wildman–Crippen LogP) is 2.75. The molecule has 0 saturated carbocycles. The SMILES string of the molecule is O=C(O)c1cc([N+](=O)[O-])ccc1C(=O)NCCc1c[nH]c2ccccc12. The Morgan fingerprint density at radius 2 is 1.92 bits per heavy atom. The number of nitro groups is 1. The smallest absolute Gasteiger partial charge is 0.336 e. The Bertz CT molecular complexity index is 1010. The summed E-state index contributed by atoms with van der Waals surface area (Å²) < 4.78 is 0. The second kappa shape index (κ2) is 7.06. The molecule has 0 fully saturated rings. The normalized spacial score (nSPS) is 10.6. The molecule has 132 valence electrons. The van der Waals surface area contributed by atoms with Crippen molar-refractivity contribution in [2.24, 2.45) is 0 Å². The molecule has 1 heterocycles. The van der Waals surface area contributed by atoms with E-state index >= 15 is 0 Å². The number of fused-ring (bicyclic) bond motifs is 1. The number of nitrogens with one attached hydrogen (secondary N) is 2. The number of carbonyl (C=O) groups is 2. The zero-order valence-corrected chi connectivity index (χ0v) is 13.6. The molecule has 0 aliphatic heterocycles. The standard InChI is InChI=1S/C18H15N3O5/c22-17(14-6-5-12(21(25)26)9-15(14)18(23)24)19-8-7-11-10-20-16-4-2-1-3-13(11)16/h1-6,9-10,20H,7-8H2,(H,19,22)(H,23,24). The van der Waals surface area contributed by atoms with Crippen molar-refractivity contribution in [2.75, 3.05) is 6.54 Å². The highest BCUT2D eigenvalue weighted by atomic mass is 16.6. The Morgan fingerprint density at radius 3 is 2.65 bits per heavy atom. The van der Waals surface area contributed by atoms with Crippen LogP contribution in [0.2, 0.25) is 0 Å². The molecular formula is C18H15N3O5. The van der Waals surface area contributed by atoms with Crippen LogP contribution < -0.4 is 5.32 Å². The van der Waals surface area contributed by atoms with E-state index in [2.05, 4.69) is 10.3 Å². The van der Waals surface area contributed by atoms with Gasteiger partial charge in [-0.05, 0) is 24.1 Å². The number of carbonyl (C=O) groups excluding carboxylic acids is 1. The maximum Gasteiger partial charge on any atom is 0.336 e. The first-order valence-electron chi connectivity index (χ1n) is 7.82. The Kier molecular flexibility index (Phi) is 4.66. The summed E-state index contributed by atoms with van der Waals surface area (Å²) in [6.45, 7) is 0.302. The van der Waals surface area contributed by atoms with Crippen molar-refractivity contribution in [2.45, 2.75) is 6.42 Å². The lowest BCUT2D eigenvalue weighted by Gasteiger charge is -2.07. The Morgan fingerprint density at radius 1 is 1.15 bits per heavy atom. The second-order valence-corrected chi connectivity index (χ2v) is 5.66. The quantitative estimate of drug-likeness (QED) is 0.464. The Labute approximate surface area is 147 Å². The third kappa shape index (κ3) is 3.39. The highest BCUT2D eigenvalue weighted by molar-refractivity contribution is 6.05. The molecule has 3 rings (SSSR count). The van der Waals surface area contributed by atoms with Gasteiger partial charge in [0.1, 0.15) is 0 Å². The number of nitro benzene ring substituents is 1. The fraction of sp³-hybridized carbons (Fsp3) is 0.111. The van der Waals surface area contributed by atoms with Crippen molar-refractivity contribution in [3.8, 4) is 0 Å². The summed E-state index contributed by atoms with van der Waals surface area (Å²) in [5, 5.41) is 23.7. The summed E-state index contributed by atoms with van der Waals surface area (Å²) in [5.74, 6) is -1.98. The lowest BCUT2D eigenvalue weighted by molar-refractivity contribution is -0.384. The van der Waals surface area contributed by atoms with Gasteiger partial charge in [-0.3, -0.25) is 14.9 Å². The molecule has 3 aromatic rings. The maximum atomic E-state index is 12.3. The van der Waals surface area contributed by atoms with Crippen LogP contribution >= 0.6 is 0 Å². The third-order valence-electron chi connectivity index (χ3n) is 4.04. The molecular weight excluding hydrogens is 338 g/mol. The molecule has 3 N–H and O–H groups in total. The molecule has 1 amide bonds. The zero-order chi connectivity index (χ0) is 18.7. The number of carboxylic acids is 1. The minimum atomic E-state index is -1.39. The van der Waals surface area contributed by atoms with E-state index in [9.17, 15) is 24.8 Å². The average Bonchev–Trinajstić information content (AvgIpc) is 3.04. The van der Waals surface area contributed by atoms with E-state index in [1.165, 1.54) is 0 Å². The third-order valence-corrected chi connectivity index (χ3v) is 4.04. The van der Waals surface area contributed by atoms with Gasteiger partial charge in [-0.2, -0.15) is 0 Å². The molecule has 0 bridgehead atoms. The van der Waals surface area contributed by atoms with Crippen molar-refractivity contribution in [3.05, 3.63) is 75.5 Å². The average molecular weight is 353 g/mol. The number of non-ortho nitro benzene ring substituents is 1. The predicted molar refractivity (Wildman–Crippen MR) is 94.4 cm³/mol. The first-order valence-corrected chi connectivity index (χ1v) is 7.82. The van der Waals surface area contributed by atoms with E-state index in [1.54, 1.807) is 0 Å². The maximum absolute atomic E-state index is 12.3. The molecule has 8 heteroatoms. The van der Waals surface area contributed by atoms with Crippen LogP contribution in [0.1, 0.15) is 26.3 Å². The van der Waals surface area contributed by atoms with Crippen LogP contribution in [0, 0.1) is 10.1 Å². The van der Waals surface area contributed by atoms with Crippen molar-refractivity contribution in [3.63, 3.8) is 0 Å². The van der Waals surface area contributed by atoms with Crippen LogP contribution in [0.15, 0.2) is 48.7 Å². The number of rotatable bonds is 6. The van der Waals surface area contributed by atoms with Crippen molar-refractivity contribution >= 4 is 28.5 Å². The minimum absolute atomic E-state index is 0.109. The van der Waals surface area contributed by atoms with E-state index < -0.39 is 22.4 Å². The second-order valence-electron chi connectivity index (χ2n) is 5.66. The van der Waals surface area contributed by atoms with Gasteiger partial charge in [0.25, 0.3) is 11.6 Å². The highest BCUT2D eigenvalue weighted by Gasteiger charge is 2.20. The summed E-state index contributed by atoms with van der Waals surface area (Å²) in [6.07, 6.45) is 2.43. The van der Waals surface area contributed by atoms with Crippen LogP contribution in [0.4, 0.5) is 5.69 Å². The van der Waals surface area contributed by atoms with Crippen LogP contribution in [-0.4, -0.2) is 33.4 Å². The molecule has 2 aromatic carbocycles. The number of H-pyrrole nitrogens is 1. The highest BCUT2D eigenvalue weighted by Crippen LogP contribution is 2.19. The number of amides is 1. The number of hydrogen-bond acceptors (Lipinski definition) is 4. The fourth-order valence-corrected chi connectivity index (χ4v) is 2.77. The van der Waals surface area contributed by atoms with E-state index in [0.29, 0.717) is 13.0 Å². The molecule has 0 saturated heterocycles. The first-order chi connectivity index (χ1) is 12.5. The van der Waals surface area contributed by atoms with Gasteiger partial charge in [-0.25, -0.2) is 4.79 Å². The Balaban J connectivity index is 1.72. The minimum Gasteiger partial charge on any atom is -0.478 e. The van der Waals surface area contributed by atoms with E-state index in [-0.39, 0.29) is 11.3 Å². The van der Waals surface area contributed by atoms with Gasteiger partial charge in [-0.1, -0.05) is 18.2 Å². The monoisotopic (exact) mass is 353 g/mol. The van der Waals surface area contributed by atoms with Gasteiger partial charge < -0.3 is 15.4 Å². The van der Waals surface area contributed by atoms with Crippen molar-refractivity contribution < 1.29 is 19.6 Å². The lowest BCUT2D eigenvalue weighted by atomic mass is 10.1. The van der Waals surface area contributed by atoms with E-state index in [4.69, 9.17) is 0 Å². The van der Waals surface area contributed by atoms with Gasteiger partial charge in [0.15, 0.2) is 0 Å². The van der Waals surface area contributed by atoms with Gasteiger partial charge >= 0.3 is 5.97 Å².